The summed E-state index contributed by atoms with van der Waals surface area (Å²) in [5.74, 6) is 0.604. The molecule has 0 saturated heterocycles. The van der Waals surface area contributed by atoms with Crippen LogP contribution in [0.25, 0.3) is 44.4 Å². The number of imidazole rings is 2. The average molecular weight is 845 g/mol. The molecule has 2 aromatic heterocycles. The van der Waals surface area contributed by atoms with Gasteiger partial charge in [-0.25, -0.2) is 19.6 Å². The quantitative estimate of drug-likeness (QED) is 0.0956. The Hall–Kier alpha value is -6.78. The maximum atomic E-state index is 13.8. The Bertz CT molecular complexity index is 2530. The van der Waals surface area contributed by atoms with Crippen LogP contribution in [-0.4, -0.2) is 120 Å². The highest BCUT2D eigenvalue weighted by molar-refractivity contribution is 5.91. The standard InChI is InChI=1S/C46H52N8O8/c1-25-17-37(53(23-25)43(55)39(27(3)59-5)51-45(57)61-7)41-47-21-35(49-41)30-11-9-29(10-12-30)31-13-14-33-20-34(16-15-32(33)19-31)36-22-48-42(50-36)38-18-26(2)24-54(38)44(56)40(28(4)60-6)52-46(58)62-8/h9-22,27-28,37-40H,23-24H2,1-8H3,(H,47,49)(H,48,50)(H,51,57)(H,52,58)/t27-,28-,37+,38+,39+,40+/m1/s1. The number of nitrogens with one attached hydrogen (secondary N) is 4. The molecule has 0 aliphatic carbocycles. The van der Waals surface area contributed by atoms with E-state index in [9.17, 15) is 19.2 Å². The van der Waals surface area contributed by atoms with E-state index in [1.54, 1.807) is 36.0 Å². The third-order valence-corrected chi connectivity index (χ3v) is 11.5. The van der Waals surface area contributed by atoms with Gasteiger partial charge >= 0.3 is 12.2 Å². The number of ether oxygens (including phenoxy) is 4. The lowest BCUT2D eigenvalue weighted by molar-refractivity contribution is -0.138. The lowest BCUT2D eigenvalue weighted by Crippen LogP contribution is -2.54. The molecule has 4 heterocycles. The molecule has 0 unspecified atom stereocenters. The number of H-pyrrole nitrogens is 2. The second-order valence-electron chi connectivity index (χ2n) is 15.7. The maximum Gasteiger partial charge on any atom is 0.407 e. The monoisotopic (exact) mass is 844 g/mol. The smallest absolute Gasteiger partial charge is 0.407 e. The minimum absolute atomic E-state index is 0.305. The molecule has 16 heteroatoms. The van der Waals surface area contributed by atoms with E-state index in [0.717, 1.165) is 55.6 Å². The van der Waals surface area contributed by atoms with E-state index in [0.29, 0.717) is 24.7 Å². The van der Waals surface area contributed by atoms with E-state index in [2.05, 4.69) is 73.0 Å². The van der Waals surface area contributed by atoms with E-state index >= 15 is 0 Å². The van der Waals surface area contributed by atoms with Crippen LogP contribution in [0, 0.1) is 0 Å². The predicted octanol–water partition coefficient (Wildman–Crippen LogP) is 6.47. The maximum absolute atomic E-state index is 13.8. The zero-order chi connectivity index (χ0) is 44.2. The first kappa shape index (κ1) is 43.3. The minimum Gasteiger partial charge on any atom is -0.453 e. The summed E-state index contributed by atoms with van der Waals surface area (Å²) < 4.78 is 20.4. The highest BCUT2D eigenvalue weighted by atomic mass is 16.5. The third-order valence-electron chi connectivity index (χ3n) is 11.5. The number of methoxy groups -OCH3 is 4. The fourth-order valence-corrected chi connectivity index (χ4v) is 7.90. The third kappa shape index (κ3) is 8.97. The number of hydrogen-bond donors (Lipinski definition) is 4. The molecule has 7 rings (SSSR count). The summed E-state index contributed by atoms with van der Waals surface area (Å²) in [5.41, 5.74) is 7.60. The number of carbonyl (C=O) groups is 4. The normalized spacial score (nSPS) is 18.1. The Balaban J connectivity index is 1.05. The van der Waals surface area contributed by atoms with Crippen molar-refractivity contribution in [3.05, 3.63) is 108 Å². The number of fused-ring (bicyclic) bond motifs is 1. The number of nitrogens with zero attached hydrogens (tertiary/aromatic N) is 4. The van der Waals surface area contributed by atoms with E-state index in [1.165, 1.54) is 28.4 Å². The van der Waals surface area contributed by atoms with Crippen LogP contribution in [-0.2, 0) is 28.5 Å². The summed E-state index contributed by atoms with van der Waals surface area (Å²) in [6, 6.07) is 18.0. The van der Waals surface area contributed by atoms with Crippen LogP contribution in [0.2, 0.25) is 0 Å². The van der Waals surface area contributed by atoms with Crippen LogP contribution in [0.1, 0.15) is 51.4 Å². The van der Waals surface area contributed by atoms with Crippen molar-refractivity contribution in [3.63, 3.8) is 0 Å². The Labute approximate surface area is 359 Å². The molecule has 6 atom stereocenters. The van der Waals surface area contributed by atoms with Crippen LogP contribution in [0.5, 0.6) is 0 Å². The molecule has 0 bridgehead atoms. The Morgan fingerprint density at radius 2 is 1.02 bits per heavy atom. The minimum atomic E-state index is -0.947. The molecule has 324 valence electrons. The van der Waals surface area contributed by atoms with Crippen molar-refractivity contribution >= 4 is 34.8 Å². The second-order valence-corrected chi connectivity index (χ2v) is 15.7. The van der Waals surface area contributed by atoms with Gasteiger partial charge < -0.3 is 49.3 Å². The number of aromatic amines is 2. The van der Waals surface area contributed by atoms with E-state index < -0.39 is 48.6 Å². The van der Waals surface area contributed by atoms with Gasteiger partial charge in [0.2, 0.25) is 11.8 Å². The average Bonchev–Trinajstić information content (AvgIpc) is 4.13. The molecular weight excluding hydrogens is 793 g/mol. The first-order valence-electron chi connectivity index (χ1n) is 20.3. The zero-order valence-corrected chi connectivity index (χ0v) is 36.0. The second kappa shape index (κ2) is 18.5. The van der Waals surface area contributed by atoms with Crippen LogP contribution >= 0.6 is 0 Å². The molecule has 4 amide bonds. The molecule has 0 saturated carbocycles. The number of alkyl carbamates (subject to hydrolysis) is 2. The number of amides is 4. The van der Waals surface area contributed by atoms with Crippen LogP contribution in [0.15, 0.2) is 96.4 Å². The van der Waals surface area contributed by atoms with Crippen molar-refractivity contribution in [2.24, 2.45) is 0 Å². The highest BCUT2D eigenvalue weighted by Crippen LogP contribution is 2.34. The summed E-state index contributed by atoms with van der Waals surface area (Å²) in [6.45, 7) is 8.12. The van der Waals surface area contributed by atoms with Gasteiger partial charge in [0.05, 0.1) is 50.2 Å². The summed E-state index contributed by atoms with van der Waals surface area (Å²) >= 11 is 0. The summed E-state index contributed by atoms with van der Waals surface area (Å²) in [6.07, 6.45) is 4.91. The lowest BCUT2D eigenvalue weighted by atomic mass is 9.98. The van der Waals surface area contributed by atoms with Crippen molar-refractivity contribution < 1.29 is 38.1 Å². The van der Waals surface area contributed by atoms with Gasteiger partial charge in [-0.3, -0.25) is 9.59 Å². The van der Waals surface area contributed by atoms with Crippen molar-refractivity contribution in [2.45, 2.75) is 64.1 Å². The fraction of sp³-hybridized carbons (Fsp3) is 0.348. The van der Waals surface area contributed by atoms with Gasteiger partial charge in [0.1, 0.15) is 35.8 Å². The first-order chi connectivity index (χ1) is 29.8. The number of rotatable bonds is 13. The summed E-state index contributed by atoms with van der Waals surface area (Å²) in [5, 5.41) is 7.35. The van der Waals surface area contributed by atoms with Crippen LogP contribution in [0.3, 0.4) is 0 Å². The Kier molecular flexibility index (Phi) is 12.9. The zero-order valence-electron chi connectivity index (χ0n) is 36.0. The molecule has 0 radical (unpaired) electrons. The molecule has 2 aliphatic rings. The molecule has 16 nitrogen and oxygen atoms in total. The van der Waals surface area contributed by atoms with Gasteiger partial charge in [-0.1, -0.05) is 71.8 Å². The molecule has 2 aliphatic heterocycles. The number of aromatic nitrogens is 4. The molecule has 0 spiro atoms. The largest absolute Gasteiger partial charge is 0.453 e. The van der Waals surface area contributed by atoms with Gasteiger partial charge in [-0.05, 0) is 67.3 Å². The van der Waals surface area contributed by atoms with Gasteiger partial charge in [0, 0.05) is 32.9 Å². The highest BCUT2D eigenvalue weighted by Gasteiger charge is 2.39. The molecular formula is C46H52N8O8. The van der Waals surface area contributed by atoms with E-state index in [1.807, 2.05) is 44.2 Å². The van der Waals surface area contributed by atoms with E-state index in [-0.39, 0.29) is 11.8 Å². The first-order valence-corrected chi connectivity index (χ1v) is 20.3. The van der Waals surface area contributed by atoms with E-state index in [4.69, 9.17) is 18.9 Å². The lowest BCUT2D eigenvalue weighted by Gasteiger charge is -2.30. The molecule has 62 heavy (non-hydrogen) atoms. The van der Waals surface area contributed by atoms with Crippen LogP contribution in [0.4, 0.5) is 9.59 Å². The van der Waals surface area contributed by atoms with Crippen molar-refractivity contribution in [3.8, 4) is 33.6 Å². The Morgan fingerprint density at radius 1 is 0.613 bits per heavy atom. The van der Waals surface area contributed by atoms with Crippen molar-refractivity contribution in [2.75, 3.05) is 41.5 Å². The SMILES string of the molecule is COC(=O)N[C@H](C(=O)N1CC(C)=C[C@H]1c1ncc(-c2ccc(-c3ccc4cc(-c5cnc([C@@H]6C=C(C)CN6C(=O)[C@@H](NC(=O)OC)[C@@H](C)OC)[nH]5)ccc4c3)cc2)[nH]1)[C@@H](C)OC. The van der Waals surface area contributed by atoms with Gasteiger partial charge in [-0.15, -0.1) is 0 Å². The molecule has 3 aromatic carbocycles. The fourth-order valence-electron chi connectivity index (χ4n) is 7.90. The van der Waals surface area contributed by atoms with Crippen molar-refractivity contribution in [1.82, 2.24) is 40.4 Å². The number of hydrogen-bond acceptors (Lipinski definition) is 10. The molecule has 4 N–H and O–H groups in total. The van der Waals surface area contributed by atoms with Gasteiger partial charge in [0.25, 0.3) is 0 Å². The van der Waals surface area contributed by atoms with Gasteiger partial charge in [0.15, 0.2) is 0 Å². The summed E-state index contributed by atoms with van der Waals surface area (Å²) in [7, 11) is 5.47. The van der Waals surface area contributed by atoms with Crippen LogP contribution < -0.4 is 10.6 Å². The number of carbonyl (C=O) groups excluding carboxylic acids is 4. The number of benzene rings is 3. The topological polar surface area (TPSA) is 193 Å². The molecule has 0 fully saturated rings. The van der Waals surface area contributed by atoms with Crippen molar-refractivity contribution in [1.29, 1.82) is 0 Å². The Morgan fingerprint density at radius 3 is 1.47 bits per heavy atom. The predicted molar refractivity (Wildman–Crippen MR) is 233 cm³/mol. The summed E-state index contributed by atoms with van der Waals surface area (Å²) in [4.78, 5) is 71.3. The van der Waals surface area contributed by atoms with Gasteiger partial charge in [-0.2, -0.15) is 0 Å². The molecule has 5 aromatic rings.